The fraction of sp³-hybridized carbons (Fsp3) is 0.333. The van der Waals surface area contributed by atoms with Crippen LogP contribution in [0.1, 0.15) is 34.9 Å². The van der Waals surface area contributed by atoms with Crippen LogP contribution in [0.4, 0.5) is 5.69 Å². The van der Waals surface area contributed by atoms with E-state index < -0.39 is 0 Å². The second-order valence-corrected chi connectivity index (χ2v) is 11.3. The van der Waals surface area contributed by atoms with Gasteiger partial charge in [0, 0.05) is 61.2 Å². The monoisotopic (exact) mass is 561 g/mol. The number of fused-ring (bicyclic) bond motifs is 1. The summed E-state index contributed by atoms with van der Waals surface area (Å²) in [6, 6.07) is 15.2. The van der Waals surface area contributed by atoms with Crippen LogP contribution in [0, 0.1) is 0 Å². The molecule has 0 saturated carbocycles. The zero-order valence-electron chi connectivity index (χ0n) is 19.6. The van der Waals surface area contributed by atoms with Gasteiger partial charge in [0.15, 0.2) is 0 Å². The summed E-state index contributed by atoms with van der Waals surface area (Å²) >= 11 is 20.0. The highest BCUT2D eigenvalue weighted by Gasteiger charge is 2.33. The maximum Gasteiger partial charge on any atom is 0.223 e. The Hall–Kier alpha value is -2.25. The molecule has 36 heavy (non-hydrogen) atoms. The molecule has 0 spiro atoms. The lowest BCUT2D eigenvalue weighted by atomic mass is 9.93. The molecule has 5 nitrogen and oxygen atoms in total. The second-order valence-electron chi connectivity index (χ2n) is 9.06. The van der Waals surface area contributed by atoms with E-state index in [0.29, 0.717) is 47.8 Å². The summed E-state index contributed by atoms with van der Waals surface area (Å²) in [6.07, 6.45) is 1.26. The fourth-order valence-corrected chi connectivity index (χ4v) is 6.32. The first-order chi connectivity index (χ1) is 17.4. The molecule has 188 valence electrons. The zero-order valence-corrected chi connectivity index (χ0v) is 22.7. The standard InChI is InChI=1S/C27H26Cl3N3O2S/c28-19-3-1-18(2-4-19)27-21-10-16-36-24(21)9-11-33(27)26(35)8-7-25(34)32-14-12-31(13-15-32)20-5-6-22(29)23(30)17-20/h1-6,10,16-17,27H,7-9,11-15H2. The first-order valence-electron chi connectivity index (χ1n) is 12.0. The Kier molecular flexibility index (Phi) is 7.77. The lowest BCUT2D eigenvalue weighted by Crippen LogP contribution is -2.49. The van der Waals surface area contributed by atoms with Gasteiger partial charge in [-0.15, -0.1) is 11.3 Å². The van der Waals surface area contributed by atoms with E-state index in [9.17, 15) is 9.59 Å². The number of benzene rings is 2. The minimum absolute atomic E-state index is 0.00888. The van der Waals surface area contributed by atoms with Gasteiger partial charge in [-0.1, -0.05) is 46.9 Å². The number of amides is 2. The van der Waals surface area contributed by atoms with E-state index in [0.717, 1.165) is 17.7 Å². The highest BCUT2D eigenvalue weighted by atomic mass is 35.5. The van der Waals surface area contributed by atoms with Crippen molar-refractivity contribution in [2.75, 3.05) is 37.6 Å². The van der Waals surface area contributed by atoms with Crippen molar-refractivity contribution in [2.45, 2.75) is 25.3 Å². The number of hydrogen-bond acceptors (Lipinski definition) is 4. The van der Waals surface area contributed by atoms with Crippen LogP contribution >= 0.6 is 46.1 Å². The van der Waals surface area contributed by atoms with Crippen molar-refractivity contribution in [3.8, 4) is 0 Å². The Bertz CT molecular complexity index is 1260. The van der Waals surface area contributed by atoms with E-state index in [2.05, 4.69) is 16.3 Å². The van der Waals surface area contributed by atoms with E-state index >= 15 is 0 Å². The van der Waals surface area contributed by atoms with E-state index in [1.165, 1.54) is 10.4 Å². The molecular formula is C27H26Cl3N3O2S. The topological polar surface area (TPSA) is 43.9 Å². The lowest BCUT2D eigenvalue weighted by Gasteiger charge is -2.37. The normalized spacial score (nSPS) is 17.8. The smallest absolute Gasteiger partial charge is 0.223 e. The van der Waals surface area contributed by atoms with Crippen molar-refractivity contribution in [3.05, 3.63) is 85.0 Å². The molecular weight excluding hydrogens is 537 g/mol. The summed E-state index contributed by atoms with van der Waals surface area (Å²) < 4.78 is 0. The molecule has 0 aliphatic carbocycles. The molecule has 1 saturated heterocycles. The van der Waals surface area contributed by atoms with Gasteiger partial charge in [-0.2, -0.15) is 0 Å². The fourth-order valence-electron chi connectivity index (χ4n) is 5.00. The van der Waals surface area contributed by atoms with Gasteiger partial charge in [0.25, 0.3) is 0 Å². The molecule has 2 aliphatic rings. The quantitative estimate of drug-likeness (QED) is 0.366. The van der Waals surface area contributed by atoms with Gasteiger partial charge in [-0.05, 0) is 59.3 Å². The van der Waals surface area contributed by atoms with Gasteiger partial charge in [0.2, 0.25) is 11.8 Å². The van der Waals surface area contributed by atoms with Crippen molar-refractivity contribution in [2.24, 2.45) is 0 Å². The lowest BCUT2D eigenvalue weighted by molar-refractivity contribution is -0.138. The Morgan fingerprint density at radius 3 is 2.28 bits per heavy atom. The maximum absolute atomic E-state index is 13.4. The van der Waals surface area contributed by atoms with Gasteiger partial charge < -0.3 is 14.7 Å². The summed E-state index contributed by atoms with van der Waals surface area (Å²) in [6.45, 7) is 3.30. The summed E-state index contributed by atoms with van der Waals surface area (Å²) in [4.78, 5) is 33.6. The second kappa shape index (κ2) is 11.0. The first-order valence-corrected chi connectivity index (χ1v) is 14.0. The third-order valence-electron chi connectivity index (χ3n) is 6.93. The Balaban J connectivity index is 1.19. The molecule has 5 rings (SSSR count). The molecule has 9 heteroatoms. The number of halogens is 3. The van der Waals surface area contributed by atoms with E-state index in [1.54, 1.807) is 17.4 Å². The van der Waals surface area contributed by atoms with Gasteiger partial charge in [-0.3, -0.25) is 9.59 Å². The Labute approximate surface area is 230 Å². The van der Waals surface area contributed by atoms with E-state index in [1.807, 2.05) is 46.2 Å². The van der Waals surface area contributed by atoms with Crippen LogP contribution in [0.2, 0.25) is 15.1 Å². The predicted molar refractivity (Wildman–Crippen MR) is 148 cm³/mol. The van der Waals surface area contributed by atoms with Crippen molar-refractivity contribution in [3.63, 3.8) is 0 Å². The van der Waals surface area contributed by atoms with Gasteiger partial charge in [0.05, 0.1) is 16.1 Å². The average molecular weight is 563 g/mol. The number of carbonyl (C=O) groups is 2. The minimum atomic E-state index is -0.144. The van der Waals surface area contributed by atoms with Gasteiger partial charge >= 0.3 is 0 Å². The molecule has 2 aromatic carbocycles. The van der Waals surface area contributed by atoms with E-state index in [4.69, 9.17) is 34.8 Å². The molecule has 0 N–H and O–H groups in total. The molecule has 0 bridgehead atoms. The van der Waals surface area contributed by atoms with E-state index in [-0.39, 0.29) is 30.7 Å². The Morgan fingerprint density at radius 2 is 1.56 bits per heavy atom. The van der Waals surface area contributed by atoms with Crippen molar-refractivity contribution in [1.82, 2.24) is 9.80 Å². The van der Waals surface area contributed by atoms with Gasteiger partial charge in [-0.25, -0.2) is 0 Å². The number of carbonyl (C=O) groups excluding carboxylic acids is 2. The molecule has 1 atom stereocenters. The van der Waals surface area contributed by atoms with Crippen LogP contribution in [0.25, 0.3) is 0 Å². The van der Waals surface area contributed by atoms with Crippen molar-refractivity contribution >= 4 is 63.6 Å². The SMILES string of the molecule is O=C(CCC(=O)N1CCc2sccc2C1c1ccc(Cl)cc1)N1CCN(c2ccc(Cl)c(Cl)c2)CC1. The molecule has 1 fully saturated rings. The molecule has 1 unspecified atom stereocenters. The first kappa shape index (κ1) is 25.4. The zero-order chi connectivity index (χ0) is 25.2. The molecule has 0 radical (unpaired) electrons. The van der Waals surface area contributed by atoms with Crippen molar-refractivity contribution in [1.29, 1.82) is 0 Å². The van der Waals surface area contributed by atoms with Crippen LogP contribution in [-0.2, 0) is 16.0 Å². The number of nitrogens with zero attached hydrogens (tertiary/aromatic N) is 3. The number of piperazine rings is 1. The van der Waals surface area contributed by atoms with Crippen molar-refractivity contribution < 1.29 is 9.59 Å². The number of hydrogen-bond donors (Lipinski definition) is 0. The maximum atomic E-state index is 13.4. The van der Waals surface area contributed by atoms with Crippen LogP contribution < -0.4 is 4.90 Å². The number of thiophene rings is 1. The summed E-state index contributed by atoms with van der Waals surface area (Å²) in [5, 5.41) is 3.81. The molecule has 2 amide bonds. The highest BCUT2D eigenvalue weighted by Crippen LogP contribution is 2.38. The summed E-state index contributed by atoms with van der Waals surface area (Å²) in [7, 11) is 0. The average Bonchev–Trinajstić information content (AvgIpc) is 3.38. The third kappa shape index (κ3) is 5.37. The van der Waals surface area contributed by atoms with Crippen LogP contribution in [0.15, 0.2) is 53.9 Å². The van der Waals surface area contributed by atoms with Gasteiger partial charge in [0.1, 0.15) is 0 Å². The molecule has 1 aromatic heterocycles. The summed E-state index contributed by atoms with van der Waals surface area (Å²) in [5.74, 6) is 0.0306. The van der Waals surface area contributed by atoms with Crippen LogP contribution in [0.3, 0.4) is 0 Å². The number of rotatable bonds is 5. The van der Waals surface area contributed by atoms with Crippen LogP contribution in [0.5, 0.6) is 0 Å². The Morgan fingerprint density at radius 1 is 0.833 bits per heavy atom. The third-order valence-corrected chi connectivity index (χ3v) is 8.91. The highest BCUT2D eigenvalue weighted by molar-refractivity contribution is 7.10. The molecule has 3 aromatic rings. The molecule has 3 heterocycles. The minimum Gasteiger partial charge on any atom is -0.368 e. The number of anilines is 1. The summed E-state index contributed by atoms with van der Waals surface area (Å²) in [5.41, 5.74) is 3.21. The predicted octanol–water partition coefficient (Wildman–Crippen LogP) is 6.31. The van der Waals surface area contributed by atoms with Crippen LogP contribution in [-0.4, -0.2) is 54.3 Å². The largest absolute Gasteiger partial charge is 0.368 e. The molecule has 2 aliphatic heterocycles.